The summed E-state index contributed by atoms with van der Waals surface area (Å²) in [6.07, 6.45) is 4.26. The number of nitrogens with zero attached hydrogens (tertiary/aromatic N) is 1. The number of carbonyl (C=O) groups is 1. The normalized spacial score (nSPS) is 10.2. The van der Waals surface area contributed by atoms with E-state index in [-0.39, 0.29) is 5.91 Å². The maximum Gasteiger partial charge on any atom is 0.224 e. The highest BCUT2D eigenvalue weighted by atomic mass is 19.1. The molecular formula is C14H14FN3O. The minimum Gasteiger partial charge on any atom is -0.397 e. The topological polar surface area (TPSA) is 68.0 Å². The Hall–Kier alpha value is -2.43. The predicted octanol–water partition coefficient (Wildman–Crippen LogP) is 2.37. The number of nitrogens with one attached hydrogen (secondary N) is 1. The van der Waals surface area contributed by atoms with Crippen LogP contribution in [0.15, 0.2) is 42.7 Å². The van der Waals surface area contributed by atoms with Crippen LogP contribution in [0.4, 0.5) is 15.8 Å². The lowest BCUT2D eigenvalue weighted by Gasteiger charge is -2.08. The molecule has 3 N–H and O–H groups in total. The number of pyridine rings is 1. The molecule has 98 valence electrons. The number of hydrogen-bond donors (Lipinski definition) is 2. The molecule has 1 aromatic heterocycles. The Balaban J connectivity index is 1.93. The van der Waals surface area contributed by atoms with E-state index in [4.69, 9.17) is 5.73 Å². The maximum absolute atomic E-state index is 13.0. The van der Waals surface area contributed by atoms with Gasteiger partial charge in [-0.2, -0.15) is 0 Å². The van der Waals surface area contributed by atoms with Crippen molar-refractivity contribution in [1.82, 2.24) is 4.98 Å². The molecular weight excluding hydrogens is 245 g/mol. The van der Waals surface area contributed by atoms with Gasteiger partial charge in [0.05, 0.1) is 11.4 Å². The minimum absolute atomic E-state index is 0.207. The summed E-state index contributed by atoms with van der Waals surface area (Å²) < 4.78 is 13.0. The van der Waals surface area contributed by atoms with Crippen molar-refractivity contribution in [2.45, 2.75) is 12.8 Å². The molecule has 1 aromatic carbocycles. The van der Waals surface area contributed by atoms with Gasteiger partial charge in [-0.25, -0.2) is 4.39 Å². The van der Waals surface area contributed by atoms with Crippen LogP contribution in [0, 0.1) is 5.82 Å². The molecule has 0 saturated carbocycles. The van der Waals surface area contributed by atoms with E-state index in [0.29, 0.717) is 24.2 Å². The van der Waals surface area contributed by atoms with Gasteiger partial charge >= 0.3 is 0 Å². The Morgan fingerprint density at radius 2 is 2.21 bits per heavy atom. The summed E-state index contributed by atoms with van der Waals surface area (Å²) in [5.41, 5.74) is 7.28. The third-order valence-electron chi connectivity index (χ3n) is 2.65. The molecule has 0 saturated heterocycles. The molecule has 0 unspecified atom stereocenters. The van der Waals surface area contributed by atoms with E-state index in [2.05, 4.69) is 10.3 Å². The van der Waals surface area contributed by atoms with Crippen LogP contribution < -0.4 is 11.1 Å². The average molecular weight is 259 g/mol. The fourth-order valence-electron chi connectivity index (χ4n) is 1.65. The lowest BCUT2D eigenvalue weighted by molar-refractivity contribution is -0.116. The number of aryl methyl sites for hydroxylation is 1. The Kier molecular flexibility index (Phi) is 4.07. The maximum atomic E-state index is 13.0. The summed E-state index contributed by atoms with van der Waals surface area (Å²) in [5.74, 6) is -0.641. The number of hydrogen-bond acceptors (Lipinski definition) is 3. The van der Waals surface area contributed by atoms with Crippen molar-refractivity contribution in [2.75, 3.05) is 11.1 Å². The largest absolute Gasteiger partial charge is 0.397 e. The van der Waals surface area contributed by atoms with Crippen LogP contribution in [0.3, 0.4) is 0 Å². The van der Waals surface area contributed by atoms with Crippen molar-refractivity contribution in [1.29, 1.82) is 0 Å². The van der Waals surface area contributed by atoms with Crippen LogP contribution in [-0.4, -0.2) is 10.9 Å². The number of rotatable bonds is 4. The van der Waals surface area contributed by atoms with Gasteiger partial charge in [0.15, 0.2) is 0 Å². The van der Waals surface area contributed by atoms with Gasteiger partial charge in [-0.15, -0.1) is 0 Å². The number of carbonyl (C=O) groups excluding carboxylic acids is 1. The molecule has 1 amide bonds. The molecule has 2 aromatic rings. The smallest absolute Gasteiger partial charge is 0.224 e. The fourth-order valence-corrected chi connectivity index (χ4v) is 1.65. The molecule has 0 fully saturated rings. The third kappa shape index (κ3) is 3.77. The Morgan fingerprint density at radius 3 is 2.95 bits per heavy atom. The zero-order valence-electron chi connectivity index (χ0n) is 10.3. The predicted molar refractivity (Wildman–Crippen MR) is 72.0 cm³/mol. The summed E-state index contributed by atoms with van der Waals surface area (Å²) in [6, 6.07) is 7.60. The monoisotopic (exact) mass is 259 g/mol. The average Bonchev–Trinajstić information content (AvgIpc) is 2.42. The summed E-state index contributed by atoms with van der Waals surface area (Å²) >= 11 is 0. The first kappa shape index (κ1) is 13.0. The van der Waals surface area contributed by atoms with E-state index in [1.807, 2.05) is 12.1 Å². The van der Waals surface area contributed by atoms with Gasteiger partial charge < -0.3 is 11.1 Å². The van der Waals surface area contributed by atoms with Crippen LogP contribution in [0.2, 0.25) is 0 Å². The lowest BCUT2D eigenvalue weighted by atomic mass is 10.1. The van der Waals surface area contributed by atoms with E-state index >= 15 is 0 Å². The van der Waals surface area contributed by atoms with Gasteiger partial charge in [0.2, 0.25) is 5.91 Å². The molecule has 0 aliphatic carbocycles. The highest BCUT2D eigenvalue weighted by molar-refractivity contribution is 5.93. The van der Waals surface area contributed by atoms with Gasteiger partial charge in [0.25, 0.3) is 0 Å². The van der Waals surface area contributed by atoms with Crippen molar-refractivity contribution >= 4 is 17.3 Å². The molecule has 0 atom stereocenters. The zero-order valence-corrected chi connectivity index (χ0v) is 10.3. The summed E-state index contributed by atoms with van der Waals surface area (Å²) in [6.45, 7) is 0. The first-order chi connectivity index (χ1) is 9.15. The molecule has 0 spiro atoms. The fraction of sp³-hybridized carbons (Fsp3) is 0.143. The van der Waals surface area contributed by atoms with Gasteiger partial charge in [0, 0.05) is 18.8 Å². The number of amides is 1. The SMILES string of the molecule is Nc1ccc(F)cc1NC(=O)CCc1cccnc1. The van der Waals surface area contributed by atoms with Gasteiger partial charge in [-0.3, -0.25) is 9.78 Å². The first-order valence-corrected chi connectivity index (χ1v) is 5.89. The summed E-state index contributed by atoms with van der Waals surface area (Å²) in [5, 5.41) is 2.60. The third-order valence-corrected chi connectivity index (χ3v) is 2.65. The van der Waals surface area contributed by atoms with E-state index in [1.54, 1.807) is 12.4 Å². The van der Waals surface area contributed by atoms with E-state index in [9.17, 15) is 9.18 Å². The van der Waals surface area contributed by atoms with Crippen LogP contribution in [0.25, 0.3) is 0 Å². The van der Waals surface area contributed by atoms with Crippen molar-refractivity contribution in [3.63, 3.8) is 0 Å². The van der Waals surface area contributed by atoms with Crippen molar-refractivity contribution in [2.24, 2.45) is 0 Å². The van der Waals surface area contributed by atoms with Gasteiger partial charge in [-0.05, 0) is 36.2 Å². The molecule has 19 heavy (non-hydrogen) atoms. The second-order valence-electron chi connectivity index (χ2n) is 4.14. The summed E-state index contributed by atoms with van der Waals surface area (Å²) in [4.78, 5) is 15.7. The molecule has 0 aliphatic rings. The molecule has 4 nitrogen and oxygen atoms in total. The van der Waals surface area contributed by atoms with Crippen molar-refractivity contribution in [3.8, 4) is 0 Å². The van der Waals surface area contributed by atoms with Crippen LogP contribution in [0.5, 0.6) is 0 Å². The van der Waals surface area contributed by atoms with Crippen LogP contribution >= 0.6 is 0 Å². The highest BCUT2D eigenvalue weighted by Gasteiger charge is 2.06. The first-order valence-electron chi connectivity index (χ1n) is 5.89. The molecule has 1 heterocycles. The van der Waals surface area contributed by atoms with E-state index in [1.165, 1.54) is 18.2 Å². The number of halogens is 1. The highest BCUT2D eigenvalue weighted by Crippen LogP contribution is 2.19. The number of benzene rings is 1. The number of anilines is 2. The van der Waals surface area contributed by atoms with Crippen LogP contribution in [0.1, 0.15) is 12.0 Å². The second kappa shape index (κ2) is 5.95. The molecule has 5 heteroatoms. The van der Waals surface area contributed by atoms with Crippen LogP contribution in [-0.2, 0) is 11.2 Å². The van der Waals surface area contributed by atoms with E-state index in [0.717, 1.165) is 5.56 Å². The molecule has 0 radical (unpaired) electrons. The minimum atomic E-state index is -0.434. The number of nitrogens with two attached hydrogens (primary N) is 1. The van der Waals surface area contributed by atoms with Crippen molar-refractivity contribution < 1.29 is 9.18 Å². The standard InChI is InChI=1S/C14H14FN3O/c15-11-4-5-12(16)13(8-11)18-14(19)6-3-10-2-1-7-17-9-10/h1-2,4-5,7-9H,3,6,16H2,(H,18,19). The molecule has 2 rings (SSSR count). The molecule has 0 bridgehead atoms. The Labute approximate surface area is 110 Å². The van der Waals surface area contributed by atoms with Crippen molar-refractivity contribution in [3.05, 3.63) is 54.1 Å². The van der Waals surface area contributed by atoms with E-state index < -0.39 is 5.82 Å². The molecule has 0 aliphatic heterocycles. The van der Waals surface area contributed by atoms with Gasteiger partial charge in [0.1, 0.15) is 5.82 Å². The second-order valence-corrected chi connectivity index (χ2v) is 4.14. The zero-order chi connectivity index (χ0) is 13.7. The Bertz CT molecular complexity index is 572. The number of nitrogen functional groups attached to an aromatic ring is 1. The lowest BCUT2D eigenvalue weighted by Crippen LogP contribution is -2.13. The summed E-state index contributed by atoms with van der Waals surface area (Å²) in [7, 11) is 0. The van der Waals surface area contributed by atoms with Gasteiger partial charge in [-0.1, -0.05) is 6.07 Å². The quantitative estimate of drug-likeness (QED) is 0.828. The Morgan fingerprint density at radius 1 is 1.37 bits per heavy atom. The number of aromatic nitrogens is 1.